The monoisotopic (exact) mass is 389 g/mol. The summed E-state index contributed by atoms with van der Waals surface area (Å²) in [5, 5.41) is 4.44. The van der Waals surface area contributed by atoms with Crippen molar-refractivity contribution in [2.75, 3.05) is 33.7 Å². The van der Waals surface area contributed by atoms with Crippen LogP contribution in [0.5, 0.6) is 17.2 Å². The van der Waals surface area contributed by atoms with Gasteiger partial charge in [0, 0.05) is 36.7 Å². The van der Waals surface area contributed by atoms with Gasteiger partial charge in [0.2, 0.25) is 12.5 Å². The van der Waals surface area contributed by atoms with Crippen LogP contribution in [0.2, 0.25) is 5.02 Å². The summed E-state index contributed by atoms with van der Waals surface area (Å²) < 4.78 is 22.0. The standard InChI is InChI=1S/C21H24ClNO4/c1-24-18-10-15(11-19-20(18)27-14-26-19)12-23-13-21(6-8-25-9-7-21)16-4-2-3-5-17(16)22/h2-5,10-11,23H,6-9,12-14H2,1H3. The third-order valence-electron chi connectivity index (χ3n) is 5.41. The third kappa shape index (κ3) is 3.72. The van der Waals surface area contributed by atoms with E-state index in [9.17, 15) is 0 Å². The van der Waals surface area contributed by atoms with Crippen molar-refractivity contribution in [3.63, 3.8) is 0 Å². The molecule has 0 radical (unpaired) electrons. The summed E-state index contributed by atoms with van der Waals surface area (Å²) in [5.74, 6) is 2.12. The molecule has 1 N–H and O–H groups in total. The molecule has 0 unspecified atom stereocenters. The highest BCUT2D eigenvalue weighted by molar-refractivity contribution is 6.31. The number of rotatable bonds is 6. The maximum Gasteiger partial charge on any atom is 0.231 e. The van der Waals surface area contributed by atoms with Crippen LogP contribution < -0.4 is 19.5 Å². The summed E-state index contributed by atoms with van der Waals surface area (Å²) in [4.78, 5) is 0. The Morgan fingerprint density at radius 1 is 1.15 bits per heavy atom. The lowest BCUT2D eigenvalue weighted by Gasteiger charge is -2.38. The van der Waals surface area contributed by atoms with E-state index in [1.165, 1.54) is 5.56 Å². The zero-order valence-electron chi connectivity index (χ0n) is 15.4. The average molecular weight is 390 g/mol. The average Bonchev–Trinajstić information content (AvgIpc) is 3.17. The predicted octanol–water partition coefficient (Wildman–Crippen LogP) is 3.92. The van der Waals surface area contributed by atoms with E-state index in [0.29, 0.717) is 18.0 Å². The zero-order chi connectivity index (χ0) is 18.7. The van der Waals surface area contributed by atoms with Gasteiger partial charge in [-0.05, 0) is 42.2 Å². The first-order chi connectivity index (χ1) is 13.2. The van der Waals surface area contributed by atoms with E-state index in [1.54, 1.807) is 7.11 Å². The van der Waals surface area contributed by atoms with Gasteiger partial charge in [0.05, 0.1) is 7.11 Å². The molecule has 4 rings (SSSR count). The quantitative estimate of drug-likeness (QED) is 0.811. The van der Waals surface area contributed by atoms with Gasteiger partial charge in [-0.3, -0.25) is 0 Å². The summed E-state index contributed by atoms with van der Waals surface area (Å²) in [5.41, 5.74) is 2.28. The molecule has 1 saturated heterocycles. The maximum atomic E-state index is 6.53. The molecule has 2 aromatic rings. The Kier molecular flexibility index (Phi) is 5.43. The van der Waals surface area contributed by atoms with E-state index < -0.39 is 0 Å². The van der Waals surface area contributed by atoms with Crippen molar-refractivity contribution in [3.05, 3.63) is 52.5 Å². The molecule has 144 valence electrons. The molecule has 0 amide bonds. The van der Waals surface area contributed by atoms with Crippen LogP contribution in [0.25, 0.3) is 0 Å². The van der Waals surface area contributed by atoms with Crippen molar-refractivity contribution in [2.24, 2.45) is 0 Å². The minimum Gasteiger partial charge on any atom is -0.493 e. The molecule has 2 aliphatic rings. The Morgan fingerprint density at radius 2 is 1.96 bits per heavy atom. The Morgan fingerprint density at radius 3 is 2.74 bits per heavy atom. The molecule has 6 heteroatoms. The van der Waals surface area contributed by atoms with Crippen molar-refractivity contribution < 1.29 is 18.9 Å². The number of methoxy groups -OCH3 is 1. The molecule has 0 bridgehead atoms. The van der Waals surface area contributed by atoms with E-state index in [2.05, 4.69) is 17.4 Å². The molecule has 1 fully saturated rings. The summed E-state index contributed by atoms with van der Waals surface area (Å²) in [6.45, 7) is 3.28. The van der Waals surface area contributed by atoms with E-state index >= 15 is 0 Å². The largest absolute Gasteiger partial charge is 0.493 e. The van der Waals surface area contributed by atoms with Crippen molar-refractivity contribution >= 4 is 11.6 Å². The molecule has 0 aliphatic carbocycles. The van der Waals surface area contributed by atoms with E-state index in [4.69, 9.17) is 30.5 Å². The van der Waals surface area contributed by atoms with Crippen LogP contribution in [0, 0.1) is 0 Å². The van der Waals surface area contributed by atoms with Gasteiger partial charge in [-0.15, -0.1) is 0 Å². The van der Waals surface area contributed by atoms with Crippen molar-refractivity contribution in [1.82, 2.24) is 5.32 Å². The first-order valence-electron chi connectivity index (χ1n) is 9.22. The van der Waals surface area contributed by atoms with Crippen LogP contribution in [0.15, 0.2) is 36.4 Å². The van der Waals surface area contributed by atoms with Crippen molar-refractivity contribution in [3.8, 4) is 17.2 Å². The van der Waals surface area contributed by atoms with Crippen molar-refractivity contribution in [1.29, 1.82) is 0 Å². The van der Waals surface area contributed by atoms with Crippen LogP contribution in [0.4, 0.5) is 0 Å². The molecule has 2 aliphatic heterocycles. The molecular formula is C21H24ClNO4. The van der Waals surface area contributed by atoms with Gasteiger partial charge in [-0.25, -0.2) is 0 Å². The summed E-state index contributed by atoms with van der Waals surface area (Å²) in [6, 6.07) is 12.1. The fourth-order valence-electron chi connectivity index (χ4n) is 3.93. The van der Waals surface area contributed by atoms with Crippen LogP contribution in [-0.4, -0.2) is 33.7 Å². The smallest absolute Gasteiger partial charge is 0.231 e. The van der Waals surface area contributed by atoms with Gasteiger partial charge in [0.1, 0.15) is 0 Å². The number of halogens is 1. The van der Waals surface area contributed by atoms with E-state index in [-0.39, 0.29) is 12.2 Å². The van der Waals surface area contributed by atoms with Crippen LogP contribution in [0.3, 0.4) is 0 Å². The molecule has 0 atom stereocenters. The Bertz CT molecular complexity index is 805. The van der Waals surface area contributed by atoms with Crippen LogP contribution >= 0.6 is 11.6 Å². The first kappa shape index (κ1) is 18.4. The normalized spacial score (nSPS) is 17.7. The Balaban J connectivity index is 1.50. The molecule has 5 nitrogen and oxygen atoms in total. The SMILES string of the molecule is COc1cc(CNCC2(c3ccccc3Cl)CCOCC2)cc2c1OCO2. The molecule has 0 saturated carbocycles. The Hall–Kier alpha value is -1.95. The van der Waals surface area contributed by atoms with Gasteiger partial charge in [0.25, 0.3) is 0 Å². The number of hydrogen-bond acceptors (Lipinski definition) is 5. The fourth-order valence-corrected chi connectivity index (χ4v) is 4.26. The fraction of sp³-hybridized carbons (Fsp3) is 0.429. The van der Waals surface area contributed by atoms with Gasteiger partial charge in [-0.2, -0.15) is 0 Å². The van der Waals surface area contributed by atoms with Gasteiger partial charge in [-0.1, -0.05) is 29.8 Å². The minimum absolute atomic E-state index is 0.0168. The number of fused-ring (bicyclic) bond motifs is 1. The number of nitrogens with one attached hydrogen (secondary N) is 1. The number of ether oxygens (including phenoxy) is 4. The van der Waals surface area contributed by atoms with Crippen molar-refractivity contribution in [2.45, 2.75) is 24.8 Å². The molecule has 2 heterocycles. The second-order valence-electron chi connectivity index (χ2n) is 7.01. The van der Waals surface area contributed by atoms with E-state index in [0.717, 1.165) is 48.9 Å². The predicted molar refractivity (Wildman–Crippen MR) is 104 cm³/mol. The highest BCUT2D eigenvalue weighted by Gasteiger charge is 2.35. The molecular weight excluding hydrogens is 366 g/mol. The molecule has 27 heavy (non-hydrogen) atoms. The van der Waals surface area contributed by atoms with Gasteiger partial charge in [0.15, 0.2) is 11.5 Å². The second-order valence-corrected chi connectivity index (χ2v) is 7.42. The van der Waals surface area contributed by atoms with Crippen LogP contribution in [0.1, 0.15) is 24.0 Å². The molecule has 2 aromatic carbocycles. The summed E-state index contributed by atoms with van der Waals surface area (Å²) >= 11 is 6.53. The van der Waals surface area contributed by atoms with E-state index in [1.807, 2.05) is 24.3 Å². The molecule has 0 aromatic heterocycles. The van der Waals surface area contributed by atoms with Gasteiger partial charge >= 0.3 is 0 Å². The highest BCUT2D eigenvalue weighted by Crippen LogP contribution is 2.42. The summed E-state index contributed by atoms with van der Waals surface area (Å²) in [6.07, 6.45) is 1.91. The lowest BCUT2D eigenvalue weighted by molar-refractivity contribution is 0.0498. The zero-order valence-corrected chi connectivity index (χ0v) is 16.2. The lowest BCUT2D eigenvalue weighted by Crippen LogP contribution is -2.42. The van der Waals surface area contributed by atoms with Gasteiger partial charge < -0.3 is 24.3 Å². The maximum absolute atomic E-state index is 6.53. The summed E-state index contributed by atoms with van der Waals surface area (Å²) in [7, 11) is 1.64. The molecule has 0 spiro atoms. The first-order valence-corrected chi connectivity index (χ1v) is 9.60. The Labute approximate surface area is 164 Å². The highest BCUT2D eigenvalue weighted by atomic mass is 35.5. The minimum atomic E-state index is -0.0168. The third-order valence-corrected chi connectivity index (χ3v) is 5.74. The number of benzene rings is 2. The lowest BCUT2D eigenvalue weighted by atomic mass is 9.74. The van der Waals surface area contributed by atoms with Crippen LogP contribution in [-0.2, 0) is 16.7 Å². The number of hydrogen-bond donors (Lipinski definition) is 1. The topological polar surface area (TPSA) is 49.0 Å². The second kappa shape index (κ2) is 7.97.